The van der Waals surface area contributed by atoms with Crippen LogP contribution >= 0.6 is 11.8 Å². The molecule has 0 saturated heterocycles. The molecule has 1 nitrogen and oxygen atoms in total. The van der Waals surface area contributed by atoms with Crippen molar-refractivity contribution < 1.29 is 0 Å². The summed E-state index contributed by atoms with van der Waals surface area (Å²) in [5.74, 6) is 0. The zero-order valence-electron chi connectivity index (χ0n) is 6.94. The van der Waals surface area contributed by atoms with Crippen molar-refractivity contribution in [2.45, 2.75) is 30.4 Å². The van der Waals surface area contributed by atoms with Crippen molar-refractivity contribution in [3.8, 4) is 0 Å². The Morgan fingerprint density at radius 3 is 2.40 bits per heavy atom. The predicted molar refractivity (Wildman–Crippen MR) is 48.6 cm³/mol. The molecule has 0 aliphatic heterocycles. The number of nitrogens with one attached hydrogen (secondary N) is 1. The van der Waals surface area contributed by atoms with Gasteiger partial charge >= 0.3 is 0 Å². The first-order valence-electron chi connectivity index (χ1n) is 4.03. The van der Waals surface area contributed by atoms with E-state index < -0.39 is 0 Å². The molecule has 0 heterocycles. The zero-order chi connectivity index (χ0) is 7.45. The number of hydrogen-bond donors (Lipinski definition) is 1. The molecule has 1 rings (SSSR count). The van der Waals surface area contributed by atoms with Gasteiger partial charge in [-0.15, -0.1) is 0 Å². The van der Waals surface area contributed by atoms with Crippen LogP contribution in [0.4, 0.5) is 0 Å². The van der Waals surface area contributed by atoms with E-state index in [1.165, 1.54) is 32.2 Å². The highest BCUT2D eigenvalue weighted by atomic mass is 32.2. The lowest BCUT2D eigenvalue weighted by atomic mass is 10.1. The summed E-state index contributed by atoms with van der Waals surface area (Å²) in [5.41, 5.74) is 0. The van der Waals surface area contributed by atoms with Crippen LogP contribution in [0.3, 0.4) is 0 Å². The van der Waals surface area contributed by atoms with E-state index in [0.29, 0.717) is 4.75 Å². The van der Waals surface area contributed by atoms with Gasteiger partial charge in [0.15, 0.2) is 0 Å². The first-order valence-corrected chi connectivity index (χ1v) is 5.25. The summed E-state index contributed by atoms with van der Waals surface area (Å²) in [6, 6.07) is 0. The van der Waals surface area contributed by atoms with Crippen molar-refractivity contribution in [2.75, 3.05) is 19.8 Å². The van der Waals surface area contributed by atoms with E-state index in [1.807, 2.05) is 11.8 Å². The van der Waals surface area contributed by atoms with Gasteiger partial charge in [-0.2, -0.15) is 11.8 Å². The van der Waals surface area contributed by atoms with Gasteiger partial charge in [0.25, 0.3) is 0 Å². The molecule has 0 amide bonds. The van der Waals surface area contributed by atoms with Gasteiger partial charge in [-0.05, 0) is 26.1 Å². The lowest BCUT2D eigenvalue weighted by Crippen LogP contribution is -2.32. The van der Waals surface area contributed by atoms with Crippen LogP contribution in [-0.2, 0) is 0 Å². The van der Waals surface area contributed by atoms with Gasteiger partial charge in [-0.3, -0.25) is 0 Å². The molecule has 0 aromatic rings. The Bertz CT molecular complexity index is 97.4. The maximum Gasteiger partial charge on any atom is 0.0281 e. The molecule has 1 saturated carbocycles. The van der Waals surface area contributed by atoms with Crippen molar-refractivity contribution in [1.29, 1.82) is 0 Å². The van der Waals surface area contributed by atoms with Gasteiger partial charge in [0.05, 0.1) is 0 Å². The van der Waals surface area contributed by atoms with Gasteiger partial charge in [0.2, 0.25) is 0 Å². The van der Waals surface area contributed by atoms with Crippen LogP contribution in [0.5, 0.6) is 0 Å². The molecule has 0 aromatic heterocycles. The fourth-order valence-corrected chi connectivity index (χ4v) is 2.78. The predicted octanol–water partition coefficient (Wildman–Crippen LogP) is 1.88. The number of rotatable bonds is 3. The van der Waals surface area contributed by atoms with Crippen LogP contribution < -0.4 is 5.32 Å². The second kappa shape index (κ2) is 3.63. The number of hydrogen-bond acceptors (Lipinski definition) is 2. The molecule has 0 atom stereocenters. The smallest absolute Gasteiger partial charge is 0.0281 e. The minimum absolute atomic E-state index is 0.592. The van der Waals surface area contributed by atoms with Crippen LogP contribution in [-0.4, -0.2) is 24.6 Å². The van der Waals surface area contributed by atoms with Crippen molar-refractivity contribution >= 4 is 11.8 Å². The lowest BCUT2D eigenvalue weighted by molar-refractivity contribution is 0.567. The Morgan fingerprint density at radius 1 is 1.40 bits per heavy atom. The third-order valence-corrected chi connectivity index (χ3v) is 3.87. The highest BCUT2D eigenvalue weighted by Crippen LogP contribution is 2.39. The third-order valence-electron chi connectivity index (χ3n) is 2.45. The Morgan fingerprint density at radius 2 is 2.00 bits per heavy atom. The molecule has 1 aliphatic rings. The van der Waals surface area contributed by atoms with E-state index in [2.05, 4.69) is 18.6 Å². The Labute approximate surface area is 68.0 Å². The monoisotopic (exact) mass is 159 g/mol. The summed E-state index contributed by atoms with van der Waals surface area (Å²) in [5, 5.41) is 3.28. The number of thioether (sulfide) groups is 1. The summed E-state index contributed by atoms with van der Waals surface area (Å²) in [7, 11) is 2.05. The molecule has 0 spiro atoms. The largest absolute Gasteiger partial charge is 0.318 e. The first-order chi connectivity index (χ1) is 4.83. The molecule has 1 N–H and O–H groups in total. The maximum absolute atomic E-state index is 3.28. The van der Waals surface area contributed by atoms with Gasteiger partial charge in [-0.1, -0.05) is 12.8 Å². The van der Waals surface area contributed by atoms with Crippen LogP contribution in [0.2, 0.25) is 0 Å². The van der Waals surface area contributed by atoms with E-state index >= 15 is 0 Å². The van der Waals surface area contributed by atoms with E-state index in [4.69, 9.17) is 0 Å². The van der Waals surface area contributed by atoms with E-state index in [0.717, 1.165) is 0 Å². The van der Waals surface area contributed by atoms with E-state index in [1.54, 1.807) is 0 Å². The summed E-state index contributed by atoms with van der Waals surface area (Å²) >= 11 is 2.04. The summed E-state index contributed by atoms with van der Waals surface area (Å²) in [6.45, 7) is 1.19. The molecule has 0 radical (unpaired) electrons. The summed E-state index contributed by atoms with van der Waals surface area (Å²) in [6.07, 6.45) is 7.93. The second-order valence-corrected chi connectivity index (χ2v) is 4.40. The Kier molecular flexibility index (Phi) is 3.05. The van der Waals surface area contributed by atoms with E-state index in [9.17, 15) is 0 Å². The topological polar surface area (TPSA) is 12.0 Å². The minimum Gasteiger partial charge on any atom is -0.318 e. The van der Waals surface area contributed by atoms with Crippen LogP contribution in [0.25, 0.3) is 0 Å². The standard InChI is InChI=1S/C8H17NS/c1-9-7-8(10-2)5-3-4-6-8/h9H,3-7H2,1-2H3. The quantitative estimate of drug-likeness (QED) is 0.675. The Hall–Kier alpha value is 0.310. The van der Waals surface area contributed by atoms with Crippen molar-refractivity contribution in [2.24, 2.45) is 0 Å². The normalized spacial score (nSPS) is 23.4. The second-order valence-electron chi connectivity index (χ2n) is 3.12. The third kappa shape index (κ3) is 1.67. The summed E-state index contributed by atoms with van der Waals surface area (Å²) < 4.78 is 0.592. The zero-order valence-corrected chi connectivity index (χ0v) is 7.76. The molecule has 60 valence electrons. The molecule has 10 heavy (non-hydrogen) atoms. The van der Waals surface area contributed by atoms with Crippen LogP contribution in [0, 0.1) is 0 Å². The van der Waals surface area contributed by atoms with Crippen molar-refractivity contribution in [1.82, 2.24) is 5.32 Å². The average Bonchev–Trinajstić information content (AvgIpc) is 2.39. The van der Waals surface area contributed by atoms with E-state index in [-0.39, 0.29) is 0 Å². The lowest BCUT2D eigenvalue weighted by Gasteiger charge is -2.25. The minimum atomic E-state index is 0.592. The Balaban J connectivity index is 2.41. The van der Waals surface area contributed by atoms with Crippen molar-refractivity contribution in [3.63, 3.8) is 0 Å². The fraction of sp³-hybridized carbons (Fsp3) is 1.00. The molecule has 0 unspecified atom stereocenters. The molecule has 2 heteroatoms. The van der Waals surface area contributed by atoms with Gasteiger partial charge < -0.3 is 5.32 Å². The highest BCUT2D eigenvalue weighted by Gasteiger charge is 2.31. The SMILES string of the molecule is CNCC1(SC)CCCC1. The molecule has 1 aliphatic carbocycles. The summed E-state index contributed by atoms with van der Waals surface area (Å²) in [4.78, 5) is 0. The van der Waals surface area contributed by atoms with Gasteiger partial charge in [0.1, 0.15) is 0 Å². The van der Waals surface area contributed by atoms with Crippen molar-refractivity contribution in [3.05, 3.63) is 0 Å². The van der Waals surface area contributed by atoms with Crippen LogP contribution in [0.15, 0.2) is 0 Å². The average molecular weight is 159 g/mol. The van der Waals surface area contributed by atoms with Gasteiger partial charge in [0, 0.05) is 11.3 Å². The highest BCUT2D eigenvalue weighted by molar-refractivity contribution is 8.00. The molecule has 0 aromatic carbocycles. The molecular weight excluding hydrogens is 142 g/mol. The van der Waals surface area contributed by atoms with Crippen LogP contribution in [0.1, 0.15) is 25.7 Å². The molecular formula is C8H17NS. The first kappa shape index (κ1) is 8.41. The molecule has 1 fully saturated rings. The molecule has 0 bridgehead atoms. The van der Waals surface area contributed by atoms with Gasteiger partial charge in [-0.25, -0.2) is 0 Å². The fourth-order valence-electron chi connectivity index (χ4n) is 1.79. The maximum atomic E-state index is 3.28.